The van der Waals surface area contributed by atoms with E-state index in [-0.39, 0.29) is 17.9 Å². The average Bonchev–Trinajstić information content (AvgIpc) is 2.80. The molecule has 2 aromatic carbocycles. The van der Waals surface area contributed by atoms with Crippen LogP contribution in [0.5, 0.6) is 0 Å². The van der Waals surface area contributed by atoms with Crippen LogP contribution < -0.4 is 10.6 Å². The van der Waals surface area contributed by atoms with Crippen molar-refractivity contribution in [1.82, 2.24) is 10.2 Å². The molecule has 0 spiro atoms. The molecule has 0 aliphatic carbocycles. The van der Waals surface area contributed by atoms with E-state index in [1.54, 1.807) is 37.4 Å². The van der Waals surface area contributed by atoms with E-state index in [4.69, 9.17) is 4.74 Å². The van der Waals surface area contributed by atoms with Crippen molar-refractivity contribution < 1.29 is 19.1 Å². The van der Waals surface area contributed by atoms with Gasteiger partial charge in [0, 0.05) is 11.7 Å². The number of hydrogen-bond donors (Lipinski definition) is 2. The van der Waals surface area contributed by atoms with Gasteiger partial charge in [-0.2, -0.15) is 11.8 Å². The molecule has 0 saturated heterocycles. The summed E-state index contributed by atoms with van der Waals surface area (Å²) in [6.45, 7) is 14.9. The van der Waals surface area contributed by atoms with E-state index in [2.05, 4.69) is 10.6 Å². The molecule has 0 heterocycles. The van der Waals surface area contributed by atoms with Gasteiger partial charge in [-0.1, -0.05) is 36.4 Å². The van der Waals surface area contributed by atoms with Gasteiger partial charge in [-0.05, 0) is 102 Å². The summed E-state index contributed by atoms with van der Waals surface area (Å²) in [6, 6.07) is 11.3. The smallest absolute Gasteiger partial charge is 0.408 e. The van der Waals surface area contributed by atoms with Gasteiger partial charge in [-0.3, -0.25) is 9.59 Å². The fraction of sp³-hybridized carbons (Fsp3) is 0.500. The first-order chi connectivity index (χ1) is 17.8. The number of nitrogens with one attached hydrogen (secondary N) is 2. The Kier molecular flexibility index (Phi) is 11.2. The Hall–Kier alpha value is -3.00. The summed E-state index contributed by atoms with van der Waals surface area (Å²) in [5.41, 5.74) is 3.51. The Morgan fingerprint density at radius 3 is 2.05 bits per heavy atom. The minimum absolute atomic E-state index is 0.306. The van der Waals surface area contributed by atoms with Crippen molar-refractivity contribution in [3.63, 3.8) is 0 Å². The van der Waals surface area contributed by atoms with Crippen LogP contribution in [0, 0.1) is 20.8 Å². The van der Waals surface area contributed by atoms with Gasteiger partial charge in [0.05, 0.1) is 0 Å². The van der Waals surface area contributed by atoms with Crippen molar-refractivity contribution in [2.75, 3.05) is 17.3 Å². The minimum Gasteiger partial charge on any atom is -0.444 e. The number of aryl methyl sites for hydroxylation is 3. The van der Waals surface area contributed by atoms with Crippen molar-refractivity contribution in [2.45, 2.75) is 85.5 Å². The minimum atomic E-state index is -0.902. The molecular formula is C30H43N3O4S. The molecule has 3 amide bonds. The number of carbonyl (C=O) groups excluding carboxylic acids is 3. The van der Waals surface area contributed by atoms with Crippen molar-refractivity contribution in [1.29, 1.82) is 0 Å². The van der Waals surface area contributed by atoms with Crippen LogP contribution in [0.4, 0.5) is 10.5 Å². The third-order valence-corrected chi connectivity index (χ3v) is 6.80. The van der Waals surface area contributed by atoms with Crippen molar-refractivity contribution in [3.8, 4) is 0 Å². The summed E-state index contributed by atoms with van der Waals surface area (Å²) >= 11 is 1.58. The molecule has 208 valence electrons. The Labute approximate surface area is 232 Å². The van der Waals surface area contributed by atoms with E-state index < -0.39 is 23.8 Å². The number of carbonyl (C=O) groups is 3. The van der Waals surface area contributed by atoms with Crippen LogP contribution >= 0.6 is 11.8 Å². The van der Waals surface area contributed by atoms with Gasteiger partial charge in [-0.25, -0.2) is 4.79 Å². The highest BCUT2D eigenvalue weighted by molar-refractivity contribution is 7.98. The average molecular weight is 542 g/mol. The summed E-state index contributed by atoms with van der Waals surface area (Å²) in [6.07, 6.45) is 1.69. The van der Waals surface area contributed by atoms with Crippen LogP contribution in [0.2, 0.25) is 0 Å². The normalized spacial score (nSPS) is 13.0. The third kappa shape index (κ3) is 8.51. The third-order valence-electron chi connectivity index (χ3n) is 6.16. The van der Waals surface area contributed by atoms with Crippen LogP contribution in [0.3, 0.4) is 0 Å². The van der Waals surface area contributed by atoms with E-state index in [1.165, 1.54) is 0 Å². The molecule has 38 heavy (non-hydrogen) atoms. The molecule has 0 saturated carbocycles. The van der Waals surface area contributed by atoms with Gasteiger partial charge in [0.2, 0.25) is 5.91 Å². The summed E-state index contributed by atoms with van der Waals surface area (Å²) in [5.74, 6) is 0.0221. The fourth-order valence-corrected chi connectivity index (χ4v) is 4.84. The van der Waals surface area contributed by atoms with Gasteiger partial charge in [-0.15, -0.1) is 0 Å². The standard InChI is InChI=1S/C30H43N3O4S/c1-19(2)33(28(35)24(17-18-38-9)32-29(36)37-30(6,7)8)26(25-21(4)14-12-15-22(25)5)27(34)31-23-16-11-10-13-20(23)3/h10-16,19,24,26H,17-18H2,1-9H3,(H,31,34)(H,32,36). The molecule has 0 aliphatic heterocycles. The van der Waals surface area contributed by atoms with Gasteiger partial charge >= 0.3 is 6.09 Å². The molecule has 2 N–H and O–H groups in total. The Balaban J connectivity index is 2.58. The number of anilines is 1. The lowest BCUT2D eigenvalue weighted by Gasteiger charge is -2.38. The zero-order valence-corrected chi connectivity index (χ0v) is 25.0. The van der Waals surface area contributed by atoms with Crippen LogP contribution in [-0.2, 0) is 14.3 Å². The number of nitrogens with zero attached hydrogens (tertiary/aromatic N) is 1. The van der Waals surface area contributed by atoms with Crippen molar-refractivity contribution >= 4 is 35.4 Å². The summed E-state index contributed by atoms with van der Waals surface area (Å²) in [5, 5.41) is 5.84. The van der Waals surface area contributed by atoms with E-state index in [0.29, 0.717) is 17.9 Å². The Morgan fingerprint density at radius 2 is 1.53 bits per heavy atom. The molecule has 0 aromatic heterocycles. The zero-order valence-electron chi connectivity index (χ0n) is 24.2. The van der Waals surface area contributed by atoms with Gasteiger partial charge in [0.25, 0.3) is 5.91 Å². The molecule has 0 radical (unpaired) electrons. The van der Waals surface area contributed by atoms with Gasteiger partial charge < -0.3 is 20.3 Å². The molecule has 7 nitrogen and oxygen atoms in total. The summed E-state index contributed by atoms with van der Waals surface area (Å²) < 4.78 is 5.45. The number of benzene rings is 2. The van der Waals surface area contributed by atoms with Crippen LogP contribution in [0.25, 0.3) is 0 Å². The highest BCUT2D eigenvalue weighted by atomic mass is 32.2. The largest absolute Gasteiger partial charge is 0.444 e. The first-order valence-corrected chi connectivity index (χ1v) is 14.4. The number of hydrogen-bond acceptors (Lipinski definition) is 5. The predicted molar refractivity (Wildman–Crippen MR) is 157 cm³/mol. The molecule has 2 aromatic rings. The molecule has 2 atom stereocenters. The van der Waals surface area contributed by atoms with Crippen LogP contribution in [0.1, 0.15) is 69.3 Å². The van der Waals surface area contributed by atoms with E-state index in [9.17, 15) is 14.4 Å². The van der Waals surface area contributed by atoms with Gasteiger partial charge in [0.15, 0.2) is 0 Å². The highest BCUT2D eigenvalue weighted by Crippen LogP contribution is 2.32. The number of alkyl carbamates (subject to hydrolysis) is 1. The maximum absolute atomic E-state index is 14.2. The van der Waals surface area contributed by atoms with Crippen LogP contribution in [-0.4, -0.2) is 52.5 Å². The maximum atomic E-state index is 14.2. The summed E-state index contributed by atoms with van der Waals surface area (Å²) in [4.78, 5) is 42.6. The molecular weight excluding hydrogens is 498 g/mol. The lowest BCUT2D eigenvalue weighted by atomic mass is 9.92. The molecule has 0 fully saturated rings. The molecule has 2 rings (SSSR count). The number of ether oxygens (including phenoxy) is 1. The number of amides is 3. The van der Waals surface area contributed by atoms with Gasteiger partial charge in [0.1, 0.15) is 17.7 Å². The SMILES string of the molecule is CSCCC(NC(=O)OC(C)(C)C)C(=O)N(C(C)C)C(C(=O)Nc1ccccc1C)c1c(C)cccc1C. The fourth-order valence-electron chi connectivity index (χ4n) is 4.37. The number of para-hydroxylation sites is 1. The highest BCUT2D eigenvalue weighted by Gasteiger charge is 2.39. The lowest BCUT2D eigenvalue weighted by Crippen LogP contribution is -2.54. The van der Waals surface area contributed by atoms with E-state index in [0.717, 1.165) is 22.3 Å². The molecule has 8 heteroatoms. The summed E-state index contributed by atoms with van der Waals surface area (Å²) in [7, 11) is 0. The first kappa shape index (κ1) is 31.2. The monoisotopic (exact) mass is 541 g/mol. The maximum Gasteiger partial charge on any atom is 0.408 e. The number of thioether (sulfide) groups is 1. The van der Waals surface area contributed by atoms with Crippen LogP contribution in [0.15, 0.2) is 42.5 Å². The first-order valence-electron chi connectivity index (χ1n) is 13.0. The lowest BCUT2D eigenvalue weighted by molar-refractivity contribution is -0.143. The predicted octanol–water partition coefficient (Wildman–Crippen LogP) is 6.18. The Morgan fingerprint density at radius 1 is 0.947 bits per heavy atom. The zero-order chi connectivity index (χ0) is 28.6. The molecule has 2 unspecified atom stereocenters. The Bertz CT molecular complexity index is 1110. The second-order valence-electron chi connectivity index (χ2n) is 10.8. The number of rotatable bonds is 10. The molecule has 0 bridgehead atoms. The quantitative estimate of drug-likeness (QED) is 0.375. The van der Waals surface area contributed by atoms with E-state index in [1.807, 2.05) is 83.3 Å². The second-order valence-corrected chi connectivity index (χ2v) is 11.8. The topological polar surface area (TPSA) is 87.7 Å². The van der Waals surface area contributed by atoms with E-state index >= 15 is 0 Å². The molecule has 0 aliphatic rings. The second kappa shape index (κ2) is 13.7. The van der Waals surface area contributed by atoms with Crippen molar-refractivity contribution in [2.24, 2.45) is 0 Å². The van der Waals surface area contributed by atoms with Crippen molar-refractivity contribution in [3.05, 3.63) is 64.7 Å².